The molecule has 5 heteroatoms. The van der Waals surface area contributed by atoms with Crippen molar-refractivity contribution in [2.45, 2.75) is 64.1 Å². The van der Waals surface area contributed by atoms with Gasteiger partial charge >= 0.3 is 5.97 Å². The van der Waals surface area contributed by atoms with Crippen LogP contribution in [0.4, 0.5) is 0 Å². The first kappa shape index (κ1) is 19.1. The lowest BCUT2D eigenvalue weighted by molar-refractivity contribution is -0.284. The third-order valence-corrected chi connectivity index (χ3v) is 9.30. The lowest BCUT2D eigenvalue weighted by atomic mass is 9.50. The average Bonchev–Trinajstić information content (AvgIpc) is 3.23. The minimum absolute atomic E-state index is 0.00555. The Balaban J connectivity index is 1.64. The van der Waals surface area contributed by atoms with E-state index in [4.69, 9.17) is 9.47 Å². The molecule has 5 nitrogen and oxygen atoms in total. The van der Waals surface area contributed by atoms with Crippen molar-refractivity contribution in [3.8, 4) is 0 Å². The number of piperidine rings is 1. The summed E-state index contributed by atoms with van der Waals surface area (Å²) in [6.45, 7) is 4.76. The summed E-state index contributed by atoms with van der Waals surface area (Å²) in [5, 5.41) is 10.8. The van der Waals surface area contributed by atoms with Crippen LogP contribution in [0.1, 0.15) is 58.3 Å². The van der Waals surface area contributed by atoms with Crippen LogP contribution in [0.3, 0.4) is 0 Å². The van der Waals surface area contributed by atoms with Crippen LogP contribution >= 0.6 is 0 Å². The summed E-state index contributed by atoms with van der Waals surface area (Å²) in [5.74, 6) is -0.0810. The van der Waals surface area contributed by atoms with Gasteiger partial charge in [0.2, 0.25) is 0 Å². The zero-order valence-electron chi connectivity index (χ0n) is 17.6. The molecule has 0 aromatic heterocycles. The molecule has 1 saturated carbocycles. The fraction of sp³-hybridized carbons (Fsp3) is 0.870. The Labute approximate surface area is 168 Å². The first-order chi connectivity index (χ1) is 13.4. The van der Waals surface area contributed by atoms with Gasteiger partial charge in [-0.05, 0) is 63.8 Å². The minimum atomic E-state index is -0.971. The lowest BCUT2D eigenvalue weighted by Gasteiger charge is -2.61. The van der Waals surface area contributed by atoms with Gasteiger partial charge < -0.3 is 19.5 Å². The number of aliphatic hydroxyl groups is 1. The zero-order chi connectivity index (χ0) is 19.7. The van der Waals surface area contributed by atoms with Crippen LogP contribution in [0.2, 0.25) is 0 Å². The number of rotatable bonds is 2. The number of methoxy groups -OCH3 is 1. The van der Waals surface area contributed by atoms with E-state index in [-0.39, 0.29) is 22.7 Å². The summed E-state index contributed by atoms with van der Waals surface area (Å²) >= 11 is 0. The maximum atomic E-state index is 12.8. The maximum absolute atomic E-state index is 12.8. The Morgan fingerprint density at radius 3 is 2.79 bits per heavy atom. The number of nitrogens with zero attached hydrogens (tertiary/aromatic N) is 1. The molecule has 2 heterocycles. The highest BCUT2D eigenvalue weighted by Gasteiger charge is 2.69. The van der Waals surface area contributed by atoms with Gasteiger partial charge in [0, 0.05) is 30.3 Å². The van der Waals surface area contributed by atoms with Gasteiger partial charge in [-0.3, -0.25) is 4.79 Å². The number of likely N-dealkylation sites (tertiary alicyclic amines) is 1. The second-order valence-electron chi connectivity index (χ2n) is 10.3. The van der Waals surface area contributed by atoms with E-state index in [1.807, 2.05) is 6.92 Å². The van der Waals surface area contributed by atoms with Crippen molar-refractivity contribution < 1.29 is 19.4 Å². The highest BCUT2D eigenvalue weighted by molar-refractivity contribution is 5.75. The van der Waals surface area contributed by atoms with Crippen molar-refractivity contribution in [1.29, 1.82) is 0 Å². The Bertz CT molecular complexity index is 707. The van der Waals surface area contributed by atoms with E-state index in [1.165, 1.54) is 20.0 Å². The van der Waals surface area contributed by atoms with Gasteiger partial charge in [-0.1, -0.05) is 18.1 Å². The molecule has 5 aliphatic rings. The predicted octanol–water partition coefficient (Wildman–Crippen LogP) is 3.12. The molecular weight excluding hydrogens is 354 g/mol. The van der Waals surface area contributed by atoms with Crippen LogP contribution in [0, 0.1) is 28.6 Å². The van der Waals surface area contributed by atoms with Gasteiger partial charge in [0.05, 0.1) is 19.6 Å². The number of carbonyl (C=O) groups excluding carboxylic acids is 1. The number of hydrogen-bond donors (Lipinski definition) is 1. The van der Waals surface area contributed by atoms with E-state index in [1.54, 1.807) is 11.1 Å². The number of ether oxygens (including phenoxy) is 2. The fourth-order valence-electron chi connectivity index (χ4n) is 8.02. The maximum Gasteiger partial charge on any atom is 0.309 e. The summed E-state index contributed by atoms with van der Waals surface area (Å²) in [6, 6.07) is 0. The SMILES string of the molecule is CC[C@@]1(O)CC[C@@]2(CO1)[C@@H]1CCC3=C4[C@@H](CC3)[C@@H](C(=O)OC)C[C@@]42CN(C)C1. The number of hydrogen-bond acceptors (Lipinski definition) is 5. The van der Waals surface area contributed by atoms with Crippen molar-refractivity contribution in [2.24, 2.45) is 28.6 Å². The van der Waals surface area contributed by atoms with Crippen LogP contribution in [-0.4, -0.2) is 55.6 Å². The van der Waals surface area contributed by atoms with E-state index >= 15 is 0 Å². The molecule has 156 valence electrons. The standard InChI is InChI=1S/C23H35NO4/c1-4-23(26)10-9-21(14-28-23)16-7-5-15-6-8-17-18(20(25)27-3)11-22(21,19(15)17)13-24(2)12-16/h16-18,26H,4-14H2,1-3H3/t16-,17+,18+,21-,22-,23+/m1/s1. The number of allylic oxidation sites excluding steroid dienone is 1. The first-order valence-corrected chi connectivity index (χ1v) is 11.2. The summed E-state index contributed by atoms with van der Waals surface area (Å²) in [4.78, 5) is 15.3. The molecule has 0 aromatic carbocycles. The molecule has 6 atom stereocenters. The molecule has 0 amide bonds. The molecule has 2 saturated heterocycles. The highest BCUT2D eigenvalue weighted by Crippen LogP contribution is 2.71. The Hall–Kier alpha value is -0.910. The predicted molar refractivity (Wildman–Crippen MR) is 105 cm³/mol. The molecule has 0 radical (unpaired) electrons. The van der Waals surface area contributed by atoms with E-state index in [2.05, 4.69) is 11.9 Å². The molecule has 2 aliphatic heterocycles. The number of carbonyl (C=O) groups is 1. The summed E-state index contributed by atoms with van der Waals surface area (Å²) < 4.78 is 11.5. The van der Waals surface area contributed by atoms with Crippen molar-refractivity contribution in [3.05, 3.63) is 11.1 Å². The summed E-state index contributed by atoms with van der Waals surface area (Å²) in [6.07, 6.45) is 7.92. The van der Waals surface area contributed by atoms with E-state index in [0.717, 1.165) is 38.8 Å². The van der Waals surface area contributed by atoms with Gasteiger partial charge in [0.1, 0.15) is 0 Å². The van der Waals surface area contributed by atoms with Crippen LogP contribution in [0.5, 0.6) is 0 Å². The number of esters is 1. The van der Waals surface area contributed by atoms with Gasteiger partial charge in [-0.15, -0.1) is 0 Å². The summed E-state index contributed by atoms with van der Waals surface area (Å²) in [7, 11) is 3.78. The van der Waals surface area contributed by atoms with Crippen LogP contribution < -0.4 is 0 Å². The Morgan fingerprint density at radius 1 is 1.32 bits per heavy atom. The summed E-state index contributed by atoms with van der Waals surface area (Å²) in [5.41, 5.74) is 3.31. The quantitative estimate of drug-likeness (QED) is 0.581. The molecule has 28 heavy (non-hydrogen) atoms. The average molecular weight is 390 g/mol. The third-order valence-electron chi connectivity index (χ3n) is 9.30. The molecule has 3 fully saturated rings. The van der Waals surface area contributed by atoms with Crippen LogP contribution in [-0.2, 0) is 14.3 Å². The molecule has 3 aliphatic carbocycles. The lowest BCUT2D eigenvalue weighted by Crippen LogP contribution is -2.64. The van der Waals surface area contributed by atoms with E-state index in [0.29, 0.717) is 31.3 Å². The monoisotopic (exact) mass is 389 g/mol. The van der Waals surface area contributed by atoms with Crippen molar-refractivity contribution in [3.63, 3.8) is 0 Å². The van der Waals surface area contributed by atoms with Crippen LogP contribution in [0.25, 0.3) is 0 Å². The van der Waals surface area contributed by atoms with Gasteiger partial charge in [0.25, 0.3) is 0 Å². The van der Waals surface area contributed by atoms with Gasteiger partial charge in [-0.2, -0.15) is 0 Å². The van der Waals surface area contributed by atoms with E-state index < -0.39 is 5.79 Å². The molecule has 5 rings (SSSR count). The van der Waals surface area contributed by atoms with Crippen molar-refractivity contribution >= 4 is 5.97 Å². The normalized spacial score (nSPS) is 47.9. The molecule has 2 bridgehead atoms. The molecular formula is C23H35NO4. The molecule has 0 aromatic rings. The van der Waals surface area contributed by atoms with Crippen molar-refractivity contribution in [2.75, 3.05) is 33.9 Å². The second-order valence-corrected chi connectivity index (χ2v) is 10.3. The first-order valence-electron chi connectivity index (χ1n) is 11.2. The molecule has 2 spiro atoms. The van der Waals surface area contributed by atoms with Crippen LogP contribution in [0.15, 0.2) is 11.1 Å². The third kappa shape index (κ3) is 2.33. The van der Waals surface area contributed by atoms with E-state index in [9.17, 15) is 9.90 Å². The van der Waals surface area contributed by atoms with Crippen molar-refractivity contribution in [1.82, 2.24) is 4.90 Å². The van der Waals surface area contributed by atoms with Gasteiger partial charge in [-0.25, -0.2) is 0 Å². The Kier molecular flexibility index (Phi) is 4.29. The zero-order valence-corrected chi connectivity index (χ0v) is 17.6. The fourth-order valence-corrected chi connectivity index (χ4v) is 8.02. The Morgan fingerprint density at radius 2 is 2.11 bits per heavy atom. The molecule has 1 N–H and O–H groups in total. The largest absolute Gasteiger partial charge is 0.469 e. The topological polar surface area (TPSA) is 59.0 Å². The molecule has 0 unspecified atom stereocenters. The van der Waals surface area contributed by atoms with Gasteiger partial charge in [0.15, 0.2) is 5.79 Å². The highest BCUT2D eigenvalue weighted by atomic mass is 16.6. The second kappa shape index (κ2) is 6.29. The minimum Gasteiger partial charge on any atom is -0.469 e. The smallest absolute Gasteiger partial charge is 0.309 e.